The van der Waals surface area contributed by atoms with Gasteiger partial charge < -0.3 is 14.5 Å². The molecule has 6 nitrogen and oxygen atoms in total. The van der Waals surface area contributed by atoms with E-state index in [1.165, 1.54) is 24.4 Å². The Balaban J connectivity index is 1.71. The van der Waals surface area contributed by atoms with Crippen LogP contribution in [0.2, 0.25) is 0 Å². The van der Waals surface area contributed by atoms with Gasteiger partial charge in [0.1, 0.15) is 0 Å². The van der Waals surface area contributed by atoms with Crippen molar-refractivity contribution in [2.75, 3.05) is 20.2 Å². The molecule has 1 saturated heterocycles. The average molecular weight is 440 g/mol. The number of carbonyl (C=O) groups is 2. The third kappa shape index (κ3) is 4.15. The zero-order valence-electron chi connectivity index (χ0n) is 18.6. The number of methoxy groups -OCH3 is 1. The molecule has 0 bridgehead atoms. The lowest BCUT2D eigenvalue weighted by molar-refractivity contribution is -0.136. The Morgan fingerprint density at radius 3 is 2.48 bits per heavy atom. The van der Waals surface area contributed by atoms with E-state index >= 15 is 0 Å². The first-order valence-corrected chi connectivity index (χ1v) is 11.7. The normalized spacial score (nSPS) is 20.7. The van der Waals surface area contributed by atoms with E-state index in [-0.39, 0.29) is 17.9 Å². The minimum Gasteiger partial charge on any atom is -0.466 e. The number of amides is 1. The third-order valence-electron chi connectivity index (χ3n) is 6.12. The standard InChI is InChI=1S/C24H29N3O3S/c1-15(2)17-7-9-18(10-8-17)22-21(23(29)30-4)16(3)25-24-27(22)19(14-31-24)13-20(28)26-11-5-6-12-26/h7-10,14-15,22H,5-6,11-13H2,1-4H3/t22-/m1/s1. The van der Waals surface area contributed by atoms with Gasteiger partial charge in [-0.3, -0.25) is 4.79 Å². The molecule has 1 atom stereocenters. The molecule has 4 rings (SSSR count). The molecule has 0 radical (unpaired) electrons. The van der Waals surface area contributed by atoms with Crippen molar-refractivity contribution in [3.05, 3.63) is 57.8 Å². The number of hydrogen-bond donors (Lipinski definition) is 0. The topological polar surface area (TPSA) is 62.2 Å². The van der Waals surface area contributed by atoms with E-state index in [2.05, 4.69) is 43.1 Å². The van der Waals surface area contributed by atoms with Crippen LogP contribution in [0.3, 0.4) is 0 Å². The van der Waals surface area contributed by atoms with E-state index in [1.54, 1.807) is 0 Å². The number of nitrogens with zero attached hydrogens (tertiary/aromatic N) is 3. The summed E-state index contributed by atoms with van der Waals surface area (Å²) >= 11 is 1.51. The summed E-state index contributed by atoms with van der Waals surface area (Å²) in [6.07, 6.45) is 2.44. The number of aliphatic imine (C=N–C) groups is 1. The quantitative estimate of drug-likeness (QED) is 0.629. The largest absolute Gasteiger partial charge is 0.466 e. The van der Waals surface area contributed by atoms with Crippen LogP contribution in [0.15, 0.2) is 51.6 Å². The monoisotopic (exact) mass is 439 g/mol. The molecule has 3 aliphatic rings. The zero-order valence-corrected chi connectivity index (χ0v) is 19.4. The molecular weight excluding hydrogens is 410 g/mol. The second kappa shape index (κ2) is 8.91. The maximum atomic E-state index is 12.9. The van der Waals surface area contributed by atoms with Gasteiger partial charge in [-0.25, -0.2) is 9.79 Å². The van der Waals surface area contributed by atoms with E-state index in [0.29, 0.717) is 23.6 Å². The van der Waals surface area contributed by atoms with Crippen molar-refractivity contribution in [3.8, 4) is 0 Å². The Morgan fingerprint density at radius 2 is 1.87 bits per heavy atom. The Kier molecular flexibility index (Phi) is 6.23. The predicted octanol–water partition coefficient (Wildman–Crippen LogP) is 4.57. The molecule has 1 aromatic rings. The van der Waals surface area contributed by atoms with E-state index in [1.807, 2.05) is 22.1 Å². The number of amidine groups is 1. The summed E-state index contributed by atoms with van der Waals surface area (Å²) in [6.45, 7) is 7.82. The minimum absolute atomic E-state index is 0.130. The summed E-state index contributed by atoms with van der Waals surface area (Å²) < 4.78 is 5.13. The number of thioether (sulfide) groups is 1. The number of ether oxygens (including phenoxy) is 1. The van der Waals surface area contributed by atoms with Crippen LogP contribution in [0.4, 0.5) is 0 Å². The number of esters is 1. The lowest BCUT2D eigenvalue weighted by Gasteiger charge is -2.36. The van der Waals surface area contributed by atoms with Gasteiger partial charge in [0.15, 0.2) is 5.17 Å². The van der Waals surface area contributed by atoms with Crippen molar-refractivity contribution in [2.24, 2.45) is 4.99 Å². The molecule has 3 heterocycles. The van der Waals surface area contributed by atoms with Crippen molar-refractivity contribution in [1.29, 1.82) is 0 Å². The van der Waals surface area contributed by atoms with Crippen LogP contribution >= 0.6 is 11.8 Å². The van der Waals surface area contributed by atoms with Gasteiger partial charge in [-0.1, -0.05) is 49.9 Å². The van der Waals surface area contributed by atoms with Crippen molar-refractivity contribution >= 4 is 28.8 Å². The molecule has 31 heavy (non-hydrogen) atoms. The highest BCUT2D eigenvalue weighted by molar-refractivity contribution is 8.16. The summed E-state index contributed by atoms with van der Waals surface area (Å²) in [5.74, 6) is 0.163. The highest BCUT2D eigenvalue weighted by atomic mass is 32.2. The first-order chi connectivity index (χ1) is 14.9. The molecule has 0 aromatic heterocycles. The van der Waals surface area contributed by atoms with Crippen molar-refractivity contribution < 1.29 is 14.3 Å². The van der Waals surface area contributed by atoms with Crippen molar-refractivity contribution in [3.63, 3.8) is 0 Å². The molecule has 0 unspecified atom stereocenters. The number of rotatable bonds is 5. The number of likely N-dealkylation sites (tertiary alicyclic amines) is 1. The van der Waals surface area contributed by atoms with E-state index in [9.17, 15) is 9.59 Å². The smallest absolute Gasteiger partial charge is 0.338 e. The Morgan fingerprint density at radius 1 is 1.19 bits per heavy atom. The van der Waals surface area contributed by atoms with Gasteiger partial charge in [-0.2, -0.15) is 0 Å². The predicted molar refractivity (Wildman–Crippen MR) is 123 cm³/mol. The molecule has 1 fully saturated rings. The fraction of sp³-hybridized carbons (Fsp3) is 0.458. The molecule has 0 spiro atoms. The highest BCUT2D eigenvalue weighted by Crippen LogP contribution is 2.45. The highest BCUT2D eigenvalue weighted by Gasteiger charge is 2.41. The lowest BCUT2D eigenvalue weighted by atomic mass is 9.92. The molecule has 0 aliphatic carbocycles. The molecule has 0 N–H and O–H groups in total. The average Bonchev–Trinajstić information content (AvgIpc) is 3.43. The van der Waals surface area contributed by atoms with Gasteiger partial charge in [-0.15, -0.1) is 0 Å². The van der Waals surface area contributed by atoms with E-state index in [4.69, 9.17) is 4.74 Å². The van der Waals surface area contributed by atoms with Crippen LogP contribution in [0.1, 0.15) is 63.1 Å². The van der Waals surface area contributed by atoms with E-state index < -0.39 is 0 Å². The summed E-state index contributed by atoms with van der Waals surface area (Å²) in [6, 6.07) is 7.99. The first-order valence-electron chi connectivity index (χ1n) is 10.8. The number of carbonyl (C=O) groups excluding carboxylic acids is 2. The SMILES string of the molecule is COC(=O)C1=C(C)N=C2SC=C(CC(=O)N3CCCC3)N2[C@@H]1c1ccc(C(C)C)cc1. The van der Waals surface area contributed by atoms with Gasteiger partial charge in [-0.05, 0) is 42.2 Å². The van der Waals surface area contributed by atoms with Gasteiger partial charge >= 0.3 is 5.97 Å². The first kappa shape index (κ1) is 21.7. The van der Waals surface area contributed by atoms with Crippen LogP contribution < -0.4 is 0 Å². The van der Waals surface area contributed by atoms with E-state index in [0.717, 1.165) is 42.4 Å². The zero-order chi connectivity index (χ0) is 22.1. The third-order valence-corrected chi connectivity index (χ3v) is 7.00. The maximum Gasteiger partial charge on any atom is 0.338 e. The number of allylic oxidation sites excluding steroid dienone is 1. The van der Waals surface area contributed by atoms with Crippen molar-refractivity contribution in [2.45, 2.75) is 52.0 Å². The van der Waals surface area contributed by atoms with Crippen molar-refractivity contribution in [1.82, 2.24) is 9.80 Å². The summed E-state index contributed by atoms with van der Waals surface area (Å²) in [5, 5.41) is 2.79. The molecule has 1 amide bonds. The van der Waals surface area contributed by atoms with Crippen LogP contribution in [-0.2, 0) is 14.3 Å². The fourth-order valence-corrected chi connectivity index (χ4v) is 5.32. The van der Waals surface area contributed by atoms with Crippen LogP contribution in [0, 0.1) is 0 Å². The maximum absolute atomic E-state index is 12.9. The second-order valence-corrected chi connectivity index (χ2v) is 9.31. The minimum atomic E-state index is -0.389. The van der Waals surface area contributed by atoms with Crippen LogP contribution in [-0.4, -0.2) is 47.0 Å². The summed E-state index contributed by atoms with van der Waals surface area (Å²) in [5.41, 5.74) is 4.28. The fourth-order valence-electron chi connectivity index (χ4n) is 4.35. The number of fused-ring (bicyclic) bond motifs is 1. The Bertz CT molecular complexity index is 972. The molecule has 3 aliphatic heterocycles. The summed E-state index contributed by atoms with van der Waals surface area (Å²) in [7, 11) is 1.40. The summed E-state index contributed by atoms with van der Waals surface area (Å²) in [4.78, 5) is 34.3. The Hall–Kier alpha value is -2.54. The van der Waals surface area contributed by atoms with Crippen LogP contribution in [0.25, 0.3) is 0 Å². The molecule has 164 valence electrons. The van der Waals surface area contributed by atoms with Crippen LogP contribution in [0.5, 0.6) is 0 Å². The van der Waals surface area contributed by atoms with Gasteiger partial charge in [0.05, 0.1) is 30.8 Å². The molecular formula is C24H29N3O3S. The molecule has 7 heteroatoms. The number of benzene rings is 1. The molecule has 0 saturated carbocycles. The van der Waals surface area contributed by atoms with Gasteiger partial charge in [0, 0.05) is 18.8 Å². The Labute approximate surface area is 188 Å². The lowest BCUT2D eigenvalue weighted by Crippen LogP contribution is -2.38. The second-order valence-electron chi connectivity index (χ2n) is 8.47. The van der Waals surface area contributed by atoms with Gasteiger partial charge in [0.2, 0.25) is 5.91 Å². The molecule has 1 aromatic carbocycles. The van der Waals surface area contributed by atoms with Gasteiger partial charge in [0.25, 0.3) is 0 Å². The number of hydrogen-bond acceptors (Lipinski definition) is 6.